The van der Waals surface area contributed by atoms with Gasteiger partial charge < -0.3 is 4.52 Å². The van der Waals surface area contributed by atoms with Gasteiger partial charge in [0.2, 0.25) is 0 Å². The molecule has 120 valence electrons. The summed E-state index contributed by atoms with van der Waals surface area (Å²) in [6.07, 6.45) is 6.80. The fourth-order valence-electron chi connectivity index (χ4n) is 2.19. The zero-order chi connectivity index (χ0) is 15.6. The zero-order valence-corrected chi connectivity index (χ0v) is 13.9. The Morgan fingerprint density at radius 1 is 1.05 bits per heavy atom. The Bertz CT molecular complexity index is 422. The maximum Gasteiger partial charge on any atom is 0.527 e. The number of benzene rings is 1. The topological polar surface area (TPSA) is 55.8 Å². The van der Waals surface area contributed by atoms with Gasteiger partial charge in [-0.25, -0.2) is 4.57 Å². The van der Waals surface area contributed by atoms with Crippen molar-refractivity contribution in [2.75, 3.05) is 0 Å². The van der Waals surface area contributed by atoms with Crippen LogP contribution in [0.3, 0.4) is 0 Å². The highest BCUT2D eigenvalue weighted by Gasteiger charge is 2.27. The maximum atomic E-state index is 12.1. The lowest BCUT2D eigenvalue weighted by Gasteiger charge is -2.20. The third-order valence-corrected chi connectivity index (χ3v) is 4.24. The predicted octanol–water partition coefficient (Wildman–Crippen LogP) is 5.32. The molecule has 0 radical (unpaired) electrons. The molecule has 0 spiro atoms. The van der Waals surface area contributed by atoms with E-state index in [1.54, 1.807) is 24.3 Å². The standard InChI is InChI=1S/C16H27O4P/c1-3-5-6-8-12-15(11-4-2)19-21(17,18)20-16-13-9-7-10-14-16/h7,9-10,13-15H,3-6,8,11-12H2,1-2H3,(H,17,18). The van der Waals surface area contributed by atoms with Crippen LogP contribution in [0.1, 0.15) is 58.8 Å². The molecule has 21 heavy (non-hydrogen) atoms. The molecule has 5 heteroatoms. The Morgan fingerprint density at radius 2 is 1.76 bits per heavy atom. The van der Waals surface area contributed by atoms with E-state index in [2.05, 4.69) is 6.92 Å². The molecule has 0 bridgehead atoms. The van der Waals surface area contributed by atoms with Crippen molar-refractivity contribution in [1.82, 2.24) is 0 Å². The molecule has 1 aromatic rings. The van der Waals surface area contributed by atoms with E-state index in [1.807, 2.05) is 13.0 Å². The van der Waals surface area contributed by atoms with E-state index in [9.17, 15) is 9.46 Å². The fourth-order valence-corrected chi connectivity index (χ4v) is 3.21. The van der Waals surface area contributed by atoms with Crippen molar-refractivity contribution >= 4 is 7.82 Å². The highest BCUT2D eigenvalue weighted by molar-refractivity contribution is 7.47. The Balaban J connectivity index is 2.49. The number of unbranched alkanes of at least 4 members (excludes halogenated alkanes) is 3. The van der Waals surface area contributed by atoms with E-state index in [0.717, 1.165) is 32.1 Å². The molecule has 0 aromatic heterocycles. The van der Waals surface area contributed by atoms with Crippen LogP contribution in [0, 0.1) is 0 Å². The molecule has 2 unspecified atom stereocenters. The van der Waals surface area contributed by atoms with Crippen molar-refractivity contribution < 1.29 is 18.5 Å². The van der Waals surface area contributed by atoms with Crippen LogP contribution in [0.2, 0.25) is 0 Å². The molecule has 2 atom stereocenters. The molecule has 0 fully saturated rings. The summed E-state index contributed by atoms with van der Waals surface area (Å²) in [7, 11) is -4.06. The summed E-state index contributed by atoms with van der Waals surface area (Å²) in [4.78, 5) is 9.88. The van der Waals surface area contributed by atoms with E-state index in [0.29, 0.717) is 5.75 Å². The summed E-state index contributed by atoms with van der Waals surface area (Å²) in [6.45, 7) is 4.21. The van der Waals surface area contributed by atoms with Crippen LogP contribution in [0.15, 0.2) is 30.3 Å². The van der Waals surface area contributed by atoms with Gasteiger partial charge >= 0.3 is 7.82 Å². The highest BCUT2D eigenvalue weighted by atomic mass is 31.2. The average Bonchev–Trinajstić information content (AvgIpc) is 2.44. The largest absolute Gasteiger partial charge is 0.527 e. The first-order valence-electron chi connectivity index (χ1n) is 7.83. The van der Waals surface area contributed by atoms with Crippen LogP contribution in [0.4, 0.5) is 0 Å². The Labute approximate surface area is 128 Å². The van der Waals surface area contributed by atoms with Gasteiger partial charge in [0.25, 0.3) is 0 Å². The zero-order valence-electron chi connectivity index (χ0n) is 13.0. The van der Waals surface area contributed by atoms with Gasteiger partial charge in [0.1, 0.15) is 5.75 Å². The van der Waals surface area contributed by atoms with Gasteiger partial charge in [0.15, 0.2) is 0 Å². The third kappa shape index (κ3) is 8.25. The molecular formula is C16H27O4P. The molecule has 1 N–H and O–H groups in total. The summed E-state index contributed by atoms with van der Waals surface area (Å²) in [5, 5.41) is 0. The lowest BCUT2D eigenvalue weighted by atomic mass is 10.1. The number of rotatable bonds is 11. The van der Waals surface area contributed by atoms with Crippen LogP contribution in [-0.4, -0.2) is 11.0 Å². The Morgan fingerprint density at radius 3 is 2.38 bits per heavy atom. The first-order valence-corrected chi connectivity index (χ1v) is 9.32. The lowest BCUT2D eigenvalue weighted by molar-refractivity contribution is 0.121. The normalized spacial score (nSPS) is 15.4. The minimum absolute atomic E-state index is 0.216. The van der Waals surface area contributed by atoms with Crippen molar-refractivity contribution in [3.63, 3.8) is 0 Å². The SMILES string of the molecule is CCCCCCC(CCC)OP(=O)(O)Oc1ccccc1. The van der Waals surface area contributed by atoms with Crippen molar-refractivity contribution in [3.05, 3.63) is 30.3 Å². The Hall–Kier alpha value is -0.830. The summed E-state index contributed by atoms with van der Waals surface area (Å²) in [5.41, 5.74) is 0. The predicted molar refractivity (Wildman–Crippen MR) is 85.4 cm³/mol. The van der Waals surface area contributed by atoms with Gasteiger partial charge in [-0.2, -0.15) is 0 Å². The molecule has 0 heterocycles. The molecular weight excluding hydrogens is 287 g/mol. The smallest absolute Gasteiger partial charge is 0.404 e. The van der Waals surface area contributed by atoms with E-state index < -0.39 is 7.82 Å². The minimum atomic E-state index is -4.06. The van der Waals surface area contributed by atoms with Crippen molar-refractivity contribution in [3.8, 4) is 5.75 Å². The number of para-hydroxylation sites is 1. The molecule has 0 aliphatic carbocycles. The van der Waals surface area contributed by atoms with Crippen molar-refractivity contribution in [1.29, 1.82) is 0 Å². The number of phosphoric ester groups is 1. The molecule has 0 aliphatic heterocycles. The van der Waals surface area contributed by atoms with Crippen molar-refractivity contribution in [2.24, 2.45) is 0 Å². The molecule has 0 saturated carbocycles. The second kappa shape index (κ2) is 9.99. The average molecular weight is 314 g/mol. The third-order valence-electron chi connectivity index (χ3n) is 3.24. The van der Waals surface area contributed by atoms with Crippen LogP contribution in [0.25, 0.3) is 0 Å². The fraction of sp³-hybridized carbons (Fsp3) is 0.625. The number of hydrogen-bond acceptors (Lipinski definition) is 3. The summed E-state index contributed by atoms with van der Waals surface area (Å²) >= 11 is 0. The molecule has 4 nitrogen and oxygen atoms in total. The monoisotopic (exact) mass is 314 g/mol. The van der Waals surface area contributed by atoms with Gasteiger partial charge in [-0.05, 0) is 25.0 Å². The van der Waals surface area contributed by atoms with Gasteiger partial charge in [0.05, 0.1) is 6.10 Å². The number of phosphoric acid groups is 1. The number of hydrogen-bond donors (Lipinski definition) is 1. The van der Waals surface area contributed by atoms with Gasteiger partial charge in [-0.15, -0.1) is 0 Å². The van der Waals surface area contributed by atoms with Crippen LogP contribution >= 0.6 is 7.82 Å². The second-order valence-electron chi connectivity index (χ2n) is 5.24. The highest BCUT2D eigenvalue weighted by Crippen LogP contribution is 2.46. The van der Waals surface area contributed by atoms with E-state index in [4.69, 9.17) is 9.05 Å². The van der Waals surface area contributed by atoms with Crippen LogP contribution in [0.5, 0.6) is 5.75 Å². The van der Waals surface area contributed by atoms with Crippen LogP contribution < -0.4 is 4.52 Å². The Kier molecular flexibility index (Phi) is 8.67. The summed E-state index contributed by atoms with van der Waals surface area (Å²) in [5.74, 6) is 0.351. The molecule has 0 aliphatic rings. The quantitative estimate of drug-likeness (QED) is 0.443. The van der Waals surface area contributed by atoms with Gasteiger partial charge in [-0.3, -0.25) is 9.42 Å². The van der Waals surface area contributed by atoms with E-state index >= 15 is 0 Å². The maximum absolute atomic E-state index is 12.1. The minimum Gasteiger partial charge on any atom is -0.404 e. The van der Waals surface area contributed by atoms with E-state index in [1.165, 1.54) is 12.8 Å². The first-order chi connectivity index (χ1) is 10.1. The first kappa shape index (κ1) is 18.2. The molecule has 1 rings (SSSR count). The van der Waals surface area contributed by atoms with Crippen LogP contribution in [-0.2, 0) is 9.09 Å². The van der Waals surface area contributed by atoms with E-state index in [-0.39, 0.29) is 6.10 Å². The van der Waals surface area contributed by atoms with Gasteiger partial charge in [-0.1, -0.05) is 64.2 Å². The molecule has 1 aromatic carbocycles. The molecule has 0 amide bonds. The second-order valence-corrected chi connectivity index (χ2v) is 6.57. The summed E-state index contributed by atoms with van der Waals surface area (Å²) < 4.78 is 22.5. The van der Waals surface area contributed by atoms with Crippen molar-refractivity contribution in [2.45, 2.75) is 64.9 Å². The van der Waals surface area contributed by atoms with Gasteiger partial charge in [0, 0.05) is 0 Å². The lowest BCUT2D eigenvalue weighted by Crippen LogP contribution is -2.13. The molecule has 0 saturated heterocycles. The summed E-state index contributed by atoms with van der Waals surface area (Å²) in [6, 6.07) is 8.61.